The van der Waals surface area contributed by atoms with E-state index in [-0.39, 0.29) is 0 Å². The molecule has 20 heavy (non-hydrogen) atoms. The molecular formula is C19H35O. The number of unbranched alkanes of at least 4 members (excludes halogenated alkanes) is 15. The second-order valence-electron chi connectivity index (χ2n) is 5.98. The Bertz CT molecular complexity index is 224. The number of rotatable bonds is 15. The second-order valence-corrected chi connectivity index (χ2v) is 5.98. The first kappa shape index (κ1) is 19.4. The van der Waals surface area contributed by atoms with Crippen LogP contribution in [0, 0.1) is 12.0 Å². The first-order valence-corrected chi connectivity index (χ1v) is 9.01. The molecule has 0 aliphatic rings. The van der Waals surface area contributed by atoms with Crippen LogP contribution in [0.3, 0.4) is 0 Å². The maximum Gasteiger partial charge on any atom is 0.172 e. The van der Waals surface area contributed by atoms with Crippen LogP contribution in [0.25, 0.3) is 0 Å². The molecule has 1 radical (unpaired) electrons. The third-order valence-corrected chi connectivity index (χ3v) is 3.98. The van der Waals surface area contributed by atoms with Crippen molar-refractivity contribution >= 4 is 0 Å². The van der Waals surface area contributed by atoms with E-state index in [4.69, 9.17) is 0 Å². The van der Waals surface area contributed by atoms with Crippen LogP contribution in [-0.2, 0) is 5.11 Å². The zero-order chi connectivity index (χ0) is 14.7. The summed E-state index contributed by atoms with van der Waals surface area (Å²) in [4.78, 5) is 0. The Morgan fingerprint density at radius 2 is 0.900 bits per heavy atom. The van der Waals surface area contributed by atoms with E-state index in [9.17, 15) is 5.11 Å². The van der Waals surface area contributed by atoms with Gasteiger partial charge in [-0.2, -0.15) is 0 Å². The Hall–Kier alpha value is -0.640. The normalized spacial score (nSPS) is 10.2. The van der Waals surface area contributed by atoms with Crippen LogP contribution in [0.2, 0.25) is 0 Å². The van der Waals surface area contributed by atoms with E-state index in [1.165, 1.54) is 89.9 Å². The Morgan fingerprint density at radius 3 is 1.25 bits per heavy atom. The zero-order valence-corrected chi connectivity index (χ0v) is 13.7. The lowest BCUT2D eigenvalue weighted by atomic mass is 10.0. The molecular weight excluding hydrogens is 244 g/mol. The highest BCUT2D eigenvalue weighted by molar-refractivity contribution is 4.88. The molecule has 0 aromatic heterocycles. The van der Waals surface area contributed by atoms with E-state index >= 15 is 0 Å². The van der Waals surface area contributed by atoms with Gasteiger partial charge in [0, 0.05) is 6.42 Å². The molecule has 0 aliphatic heterocycles. The monoisotopic (exact) mass is 279 g/mol. The van der Waals surface area contributed by atoms with Gasteiger partial charge in [0.15, 0.2) is 6.11 Å². The van der Waals surface area contributed by atoms with Crippen LogP contribution in [-0.4, -0.2) is 0 Å². The minimum absolute atomic E-state index is 0.793. The molecule has 0 aromatic rings. The lowest BCUT2D eigenvalue weighted by Gasteiger charge is -2.02. The van der Waals surface area contributed by atoms with Gasteiger partial charge in [-0.1, -0.05) is 103 Å². The fourth-order valence-electron chi connectivity index (χ4n) is 2.64. The SMILES string of the molecule is CCCCCCCCCCCCCCCCCC#C[O]. The van der Waals surface area contributed by atoms with E-state index in [1.54, 1.807) is 6.11 Å². The molecule has 117 valence electrons. The van der Waals surface area contributed by atoms with Gasteiger partial charge in [-0.25, -0.2) is 5.11 Å². The molecule has 0 unspecified atom stereocenters. The van der Waals surface area contributed by atoms with Gasteiger partial charge < -0.3 is 0 Å². The summed E-state index contributed by atoms with van der Waals surface area (Å²) in [5, 5.41) is 9.92. The summed E-state index contributed by atoms with van der Waals surface area (Å²) in [5.74, 6) is 2.59. The van der Waals surface area contributed by atoms with Crippen molar-refractivity contribution in [2.75, 3.05) is 0 Å². The van der Waals surface area contributed by atoms with Gasteiger partial charge in [0.05, 0.1) is 0 Å². The zero-order valence-electron chi connectivity index (χ0n) is 13.7. The van der Waals surface area contributed by atoms with Crippen molar-refractivity contribution in [1.29, 1.82) is 0 Å². The molecule has 0 saturated heterocycles. The van der Waals surface area contributed by atoms with Crippen LogP contribution in [0.4, 0.5) is 0 Å². The third-order valence-electron chi connectivity index (χ3n) is 3.98. The number of hydrogen-bond acceptors (Lipinski definition) is 0. The second kappa shape index (κ2) is 18.4. The molecule has 1 heteroatoms. The van der Waals surface area contributed by atoms with E-state index in [1.807, 2.05) is 0 Å². The van der Waals surface area contributed by atoms with Gasteiger partial charge >= 0.3 is 0 Å². The van der Waals surface area contributed by atoms with E-state index in [0.717, 1.165) is 12.8 Å². The van der Waals surface area contributed by atoms with Crippen molar-refractivity contribution < 1.29 is 5.11 Å². The quantitative estimate of drug-likeness (QED) is 0.236. The molecule has 0 aromatic carbocycles. The highest BCUT2D eigenvalue weighted by atomic mass is 16.2. The van der Waals surface area contributed by atoms with Crippen molar-refractivity contribution in [3.8, 4) is 12.0 Å². The standard InChI is InChI=1S/C19H35O/c1-2-3-4-5-6-7-8-9-10-11-12-13-14-15-16-17-18-19-20/h2-17H2,1H3. The molecule has 0 fully saturated rings. The van der Waals surface area contributed by atoms with Crippen molar-refractivity contribution in [2.45, 2.75) is 110 Å². The topological polar surface area (TPSA) is 19.9 Å². The van der Waals surface area contributed by atoms with Crippen LogP contribution >= 0.6 is 0 Å². The summed E-state index contributed by atoms with van der Waals surface area (Å²) in [6.45, 7) is 2.28. The summed E-state index contributed by atoms with van der Waals surface area (Å²) >= 11 is 0. The Morgan fingerprint density at radius 1 is 0.550 bits per heavy atom. The molecule has 0 rings (SSSR count). The highest BCUT2D eigenvalue weighted by Crippen LogP contribution is 2.13. The maximum absolute atomic E-state index is 9.92. The summed E-state index contributed by atoms with van der Waals surface area (Å²) in [5.41, 5.74) is 0. The molecule has 0 atom stereocenters. The largest absolute Gasteiger partial charge is 0.224 e. The molecule has 0 bridgehead atoms. The van der Waals surface area contributed by atoms with Gasteiger partial charge in [0.2, 0.25) is 0 Å². The Balaban J connectivity index is 2.93. The van der Waals surface area contributed by atoms with Crippen LogP contribution in [0.1, 0.15) is 110 Å². The molecule has 0 heterocycles. The van der Waals surface area contributed by atoms with Gasteiger partial charge in [-0.05, 0) is 6.42 Å². The van der Waals surface area contributed by atoms with Crippen LogP contribution < -0.4 is 0 Å². The van der Waals surface area contributed by atoms with Crippen LogP contribution in [0.5, 0.6) is 0 Å². The predicted octanol–water partition coefficient (Wildman–Crippen LogP) is 6.64. The maximum atomic E-state index is 9.92. The average molecular weight is 279 g/mol. The first-order valence-electron chi connectivity index (χ1n) is 9.01. The Labute approximate surface area is 127 Å². The summed E-state index contributed by atoms with van der Waals surface area (Å²) < 4.78 is 0. The number of hydrogen-bond donors (Lipinski definition) is 0. The summed E-state index contributed by atoms with van der Waals surface area (Å²) in [6.07, 6.45) is 23.2. The molecule has 1 nitrogen and oxygen atoms in total. The molecule has 0 aliphatic carbocycles. The molecule has 0 saturated carbocycles. The summed E-state index contributed by atoms with van der Waals surface area (Å²) in [6, 6.07) is 0. The lowest BCUT2D eigenvalue weighted by Crippen LogP contribution is -1.83. The van der Waals surface area contributed by atoms with Crippen molar-refractivity contribution in [2.24, 2.45) is 0 Å². The molecule has 0 spiro atoms. The fraction of sp³-hybridized carbons (Fsp3) is 0.895. The van der Waals surface area contributed by atoms with Gasteiger partial charge in [-0.15, -0.1) is 0 Å². The van der Waals surface area contributed by atoms with E-state index < -0.39 is 0 Å². The van der Waals surface area contributed by atoms with E-state index in [2.05, 4.69) is 12.8 Å². The molecule has 0 N–H and O–H groups in total. The average Bonchev–Trinajstić information content (AvgIpc) is 2.47. The minimum atomic E-state index is 0.793. The smallest absolute Gasteiger partial charge is 0.172 e. The predicted molar refractivity (Wildman–Crippen MR) is 88.0 cm³/mol. The third kappa shape index (κ3) is 17.4. The van der Waals surface area contributed by atoms with Gasteiger partial charge in [-0.3, -0.25) is 0 Å². The lowest BCUT2D eigenvalue weighted by molar-refractivity contribution is 0.391. The van der Waals surface area contributed by atoms with Gasteiger partial charge in [0.25, 0.3) is 0 Å². The first-order chi connectivity index (χ1) is 9.91. The van der Waals surface area contributed by atoms with E-state index in [0.29, 0.717) is 0 Å². The van der Waals surface area contributed by atoms with Crippen molar-refractivity contribution in [1.82, 2.24) is 0 Å². The highest BCUT2D eigenvalue weighted by Gasteiger charge is 1.94. The minimum Gasteiger partial charge on any atom is -0.224 e. The fourth-order valence-corrected chi connectivity index (χ4v) is 2.64. The van der Waals surface area contributed by atoms with Crippen molar-refractivity contribution in [3.63, 3.8) is 0 Å². The van der Waals surface area contributed by atoms with Crippen LogP contribution in [0.15, 0.2) is 0 Å². The summed E-state index contributed by atoms with van der Waals surface area (Å²) in [7, 11) is 0. The van der Waals surface area contributed by atoms with Gasteiger partial charge in [0.1, 0.15) is 0 Å². The van der Waals surface area contributed by atoms with Crippen molar-refractivity contribution in [3.05, 3.63) is 0 Å². The molecule has 0 amide bonds. The Kier molecular flexibility index (Phi) is 17.8.